The van der Waals surface area contributed by atoms with Gasteiger partial charge in [-0.05, 0) is 51.8 Å². The fourth-order valence-corrected chi connectivity index (χ4v) is 4.05. The number of benzene rings is 2. The van der Waals surface area contributed by atoms with Gasteiger partial charge in [0.05, 0.1) is 10.6 Å². The zero-order valence-corrected chi connectivity index (χ0v) is 13.9. The number of carbonyl (C=O) groups excluding carboxylic acids is 1. The molecule has 0 unspecified atom stereocenters. The second-order valence-electron chi connectivity index (χ2n) is 4.13. The van der Waals surface area contributed by atoms with Crippen molar-refractivity contribution in [1.29, 1.82) is 0 Å². The maximum Gasteiger partial charge on any atom is 0.264 e. The molecule has 0 saturated carbocycles. The van der Waals surface area contributed by atoms with Crippen molar-refractivity contribution in [2.75, 3.05) is 10.8 Å². The Morgan fingerprint density at radius 1 is 1.05 bits per heavy atom. The van der Waals surface area contributed by atoms with E-state index in [0.717, 1.165) is 4.31 Å². The third-order valence-electron chi connectivity index (χ3n) is 2.72. The molecule has 2 rings (SSSR count). The minimum absolute atomic E-state index is 0.0960. The van der Waals surface area contributed by atoms with Crippen molar-refractivity contribution in [3.63, 3.8) is 0 Å². The van der Waals surface area contributed by atoms with E-state index in [9.17, 15) is 13.2 Å². The Hall–Kier alpha value is -1.37. The molecule has 0 atom stereocenters. The highest BCUT2D eigenvalue weighted by atomic mass is 79.9. The first-order chi connectivity index (χ1) is 9.93. The Labute approximate surface area is 136 Å². The third-order valence-corrected chi connectivity index (χ3v) is 5.28. The molecular formula is C14H11BrClNO3S. The second-order valence-corrected chi connectivity index (χ2v) is 7.27. The molecule has 21 heavy (non-hydrogen) atoms. The summed E-state index contributed by atoms with van der Waals surface area (Å²) in [5, 5.41) is -0.759. The molecule has 110 valence electrons. The molecular weight excluding hydrogens is 378 g/mol. The Morgan fingerprint density at radius 3 is 2.19 bits per heavy atom. The van der Waals surface area contributed by atoms with Crippen LogP contribution in [0, 0.1) is 0 Å². The largest absolute Gasteiger partial charge is 0.279 e. The van der Waals surface area contributed by atoms with Gasteiger partial charge in [-0.3, -0.25) is 9.10 Å². The summed E-state index contributed by atoms with van der Waals surface area (Å²) in [6, 6.07) is 14.6. The molecule has 0 aliphatic heterocycles. The van der Waals surface area contributed by atoms with Gasteiger partial charge in [-0.15, -0.1) is 0 Å². The topological polar surface area (TPSA) is 54.5 Å². The van der Waals surface area contributed by atoms with Crippen molar-refractivity contribution in [3.8, 4) is 0 Å². The second kappa shape index (κ2) is 6.60. The molecule has 0 bridgehead atoms. The van der Waals surface area contributed by atoms with Gasteiger partial charge in [-0.25, -0.2) is 8.42 Å². The Morgan fingerprint density at radius 2 is 1.62 bits per heavy atom. The molecule has 0 N–H and O–H groups in total. The number of anilines is 1. The molecule has 2 aromatic rings. The predicted molar refractivity (Wildman–Crippen MR) is 86.0 cm³/mol. The predicted octanol–water partition coefficient (Wildman–Crippen LogP) is 3.41. The first-order valence-corrected chi connectivity index (χ1v) is 8.54. The maximum atomic E-state index is 12.7. The minimum Gasteiger partial charge on any atom is -0.279 e. The van der Waals surface area contributed by atoms with Crippen LogP contribution in [-0.4, -0.2) is 20.2 Å². The van der Waals surface area contributed by atoms with Gasteiger partial charge in [0.1, 0.15) is 6.54 Å². The van der Waals surface area contributed by atoms with Gasteiger partial charge < -0.3 is 0 Å². The maximum absolute atomic E-state index is 12.7. The van der Waals surface area contributed by atoms with Crippen LogP contribution in [0.2, 0.25) is 0 Å². The normalized spacial score (nSPS) is 11.1. The van der Waals surface area contributed by atoms with E-state index >= 15 is 0 Å². The molecule has 0 radical (unpaired) electrons. The summed E-state index contributed by atoms with van der Waals surface area (Å²) in [6.45, 7) is -0.443. The molecule has 0 aliphatic rings. The molecule has 2 aromatic carbocycles. The van der Waals surface area contributed by atoms with E-state index in [4.69, 9.17) is 11.6 Å². The first-order valence-electron chi connectivity index (χ1n) is 5.93. The van der Waals surface area contributed by atoms with E-state index in [-0.39, 0.29) is 4.90 Å². The fraction of sp³-hybridized carbons (Fsp3) is 0.0714. The fourth-order valence-electron chi connectivity index (χ4n) is 1.79. The molecule has 0 saturated heterocycles. The van der Waals surface area contributed by atoms with Gasteiger partial charge in [0, 0.05) is 4.47 Å². The lowest BCUT2D eigenvalue weighted by atomic mass is 10.3. The zero-order valence-electron chi connectivity index (χ0n) is 10.7. The summed E-state index contributed by atoms with van der Waals surface area (Å²) in [5.74, 6) is 0. The number of hydrogen-bond acceptors (Lipinski definition) is 3. The van der Waals surface area contributed by atoms with Crippen LogP contribution in [0.3, 0.4) is 0 Å². The van der Waals surface area contributed by atoms with Crippen molar-refractivity contribution in [2.45, 2.75) is 4.90 Å². The highest BCUT2D eigenvalue weighted by Gasteiger charge is 2.27. The number of nitrogens with zero attached hydrogens (tertiary/aromatic N) is 1. The minimum atomic E-state index is -3.87. The van der Waals surface area contributed by atoms with Gasteiger partial charge in [-0.2, -0.15) is 0 Å². The lowest BCUT2D eigenvalue weighted by Crippen LogP contribution is -2.34. The number of sulfonamides is 1. The van der Waals surface area contributed by atoms with E-state index in [1.54, 1.807) is 42.5 Å². The van der Waals surface area contributed by atoms with Gasteiger partial charge in [0.15, 0.2) is 0 Å². The number of para-hydroxylation sites is 1. The van der Waals surface area contributed by atoms with Crippen molar-refractivity contribution < 1.29 is 13.2 Å². The summed E-state index contributed by atoms with van der Waals surface area (Å²) in [6.07, 6.45) is 0. The number of hydrogen-bond donors (Lipinski definition) is 0. The molecule has 0 amide bonds. The van der Waals surface area contributed by atoms with Crippen molar-refractivity contribution in [3.05, 3.63) is 59.1 Å². The van der Waals surface area contributed by atoms with Crippen LogP contribution in [0.4, 0.5) is 5.69 Å². The molecule has 0 fully saturated rings. The lowest BCUT2D eigenvalue weighted by molar-refractivity contribution is -0.110. The average Bonchev–Trinajstić information content (AvgIpc) is 2.46. The Balaban J connectivity index is 2.56. The number of rotatable bonds is 5. The molecule has 0 heterocycles. The monoisotopic (exact) mass is 387 g/mol. The van der Waals surface area contributed by atoms with E-state index in [1.165, 1.54) is 12.1 Å². The van der Waals surface area contributed by atoms with E-state index in [2.05, 4.69) is 15.9 Å². The summed E-state index contributed by atoms with van der Waals surface area (Å²) < 4.78 is 27.0. The highest BCUT2D eigenvalue weighted by molar-refractivity contribution is 9.10. The van der Waals surface area contributed by atoms with Crippen LogP contribution in [0.15, 0.2) is 64.0 Å². The van der Waals surface area contributed by atoms with Crippen molar-refractivity contribution in [1.82, 2.24) is 0 Å². The number of carbonyl (C=O) groups is 1. The molecule has 4 nitrogen and oxygen atoms in total. The van der Waals surface area contributed by atoms with Gasteiger partial charge in [0.25, 0.3) is 10.0 Å². The summed E-state index contributed by atoms with van der Waals surface area (Å²) in [7, 11) is -3.87. The highest BCUT2D eigenvalue weighted by Crippen LogP contribution is 2.30. The molecule has 0 aliphatic carbocycles. The van der Waals surface area contributed by atoms with Crippen LogP contribution in [0.25, 0.3) is 0 Å². The third kappa shape index (κ3) is 3.64. The van der Waals surface area contributed by atoms with Crippen molar-refractivity contribution >= 4 is 48.5 Å². The molecule has 0 spiro atoms. The van der Waals surface area contributed by atoms with Gasteiger partial charge in [0.2, 0.25) is 5.24 Å². The number of halogens is 2. The Kier molecular flexibility index (Phi) is 5.03. The summed E-state index contributed by atoms with van der Waals surface area (Å²) in [5.41, 5.74) is 0.357. The van der Waals surface area contributed by atoms with E-state index in [1.807, 2.05) is 0 Å². The van der Waals surface area contributed by atoms with Crippen LogP contribution in [-0.2, 0) is 14.8 Å². The SMILES string of the molecule is O=C(Cl)CN(c1ccccc1Br)S(=O)(=O)c1ccccc1. The van der Waals surface area contributed by atoms with E-state index in [0.29, 0.717) is 10.2 Å². The zero-order chi connectivity index (χ0) is 15.5. The van der Waals surface area contributed by atoms with Gasteiger partial charge >= 0.3 is 0 Å². The van der Waals surface area contributed by atoms with E-state index < -0.39 is 21.8 Å². The first kappa shape index (κ1) is 16.0. The summed E-state index contributed by atoms with van der Waals surface area (Å²) in [4.78, 5) is 11.4. The molecule has 0 aromatic heterocycles. The van der Waals surface area contributed by atoms with Crippen LogP contribution < -0.4 is 4.31 Å². The Bertz CT molecular complexity index is 750. The molecule has 7 heteroatoms. The van der Waals surface area contributed by atoms with Crippen LogP contribution in [0.1, 0.15) is 0 Å². The average molecular weight is 389 g/mol. The van der Waals surface area contributed by atoms with Crippen LogP contribution in [0.5, 0.6) is 0 Å². The van der Waals surface area contributed by atoms with Gasteiger partial charge in [-0.1, -0.05) is 30.3 Å². The standard InChI is InChI=1S/C14H11BrClNO3S/c15-12-8-4-5-9-13(12)17(10-14(16)18)21(19,20)11-6-2-1-3-7-11/h1-9H,10H2. The quantitative estimate of drug-likeness (QED) is 0.738. The summed E-state index contributed by atoms with van der Waals surface area (Å²) >= 11 is 8.70. The van der Waals surface area contributed by atoms with Crippen molar-refractivity contribution in [2.24, 2.45) is 0 Å². The lowest BCUT2D eigenvalue weighted by Gasteiger charge is -2.23. The smallest absolute Gasteiger partial charge is 0.264 e. The van der Waals surface area contributed by atoms with Crippen LogP contribution >= 0.6 is 27.5 Å².